The van der Waals surface area contributed by atoms with E-state index in [2.05, 4.69) is 106 Å². The molecule has 1 atom stereocenters. The van der Waals surface area contributed by atoms with Gasteiger partial charge in [0.1, 0.15) is 6.61 Å². The number of hydrogen-bond acceptors (Lipinski definition) is 5. The van der Waals surface area contributed by atoms with Gasteiger partial charge in [-0.3, -0.25) is 9.59 Å². The maximum atomic E-state index is 12.8. The van der Waals surface area contributed by atoms with Crippen molar-refractivity contribution in [2.75, 3.05) is 19.8 Å². The Hall–Kier alpha value is -2.92. The van der Waals surface area contributed by atoms with Crippen molar-refractivity contribution in [2.24, 2.45) is 0 Å². The predicted octanol–water partition coefficient (Wildman–Crippen LogP) is 19.2. The molecule has 5 nitrogen and oxygen atoms in total. The minimum absolute atomic E-state index is 0.0508. The molecule has 0 spiro atoms. The number of ether oxygens (including phenoxy) is 3. The first-order chi connectivity index (χ1) is 32.6. The highest BCUT2D eigenvalue weighted by molar-refractivity contribution is 5.70. The highest BCUT2D eigenvalue weighted by Crippen LogP contribution is 2.15. The van der Waals surface area contributed by atoms with Gasteiger partial charge in [0.25, 0.3) is 0 Å². The molecular weight excluding hydrogens is 813 g/mol. The third kappa shape index (κ3) is 53.7. The summed E-state index contributed by atoms with van der Waals surface area (Å²) in [4.78, 5) is 25.5. The summed E-state index contributed by atoms with van der Waals surface area (Å²) in [5.41, 5.74) is 0. The van der Waals surface area contributed by atoms with Gasteiger partial charge in [-0.05, 0) is 96.3 Å². The fraction of sp³-hybridized carbons (Fsp3) is 0.738. The van der Waals surface area contributed by atoms with E-state index in [1.165, 1.54) is 141 Å². The smallest absolute Gasteiger partial charge is 0.306 e. The largest absolute Gasteiger partial charge is 0.462 e. The van der Waals surface area contributed by atoms with Crippen molar-refractivity contribution < 1.29 is 23.8 Å². The van der Waals surface area contributed by atoms with Crippen LogP contribution in [0.2, 0.25) is 0 Å². The topological polar surface area (TPSA) is 61.8 Å². The molecule has 0 fully saturated rings. The maximum Gasteiger partial charge on any atom is 0.306 e. The fourth-order valence-corrected chi connectivity index (χ4v) is 7.69. The quantitative estimate of drug-likeness (QED) is 0.0346. The summed E-state index contributed by atoms with van der Waals surface area (Å²) in [5, 5.41) is 0. The van der Waals surface area contributed by atoms with E-state index in [-0.39, 0.29) is 25.2 Å². The summed E-state index contributed by atoms with van der Waals surface area (Å²) in [6.45, 7) is 7.72. The van der Waals surface area contributed by atoms with Crippen LogP contribution in [-0.4, -0.2) is 37.9 Å². The third-order valence-corrected chi connectivity index (χ3v) is 11.9. The summed E-state index contributed by atoms with van der Waals surface area (Å²) < 4.78 is 17.4. The average molecular weight is 920 g/mol. The molecule has 0 rings (SSSR count). The van der Waals surface area contributed by atoms with Gasteiger partial charge in [0.05, 0.1) is 6.61 Å². The molecule has 0 aromatic rings. The van der Waals surface area contributed by atoms with Gasteiger partial charge in [-0.25, -0.2) is 0 Å². The van der Waals surface area contributed by atoms with Crippen molar-refractivity contribution >= 4 is 11.9 Å². The number of carbonyl (C=O) groups is 2. The zero-order chi connectivity index (χ0) is 47.7. The van der Waals surface area contributed by atoms with Crippen LogP contribution in [0.5, 0.6) is 0 Å². The molecule has 5 heteroatoms. The van der Waals surface area contributed by atoms with E-state index in [0.717, 1.165) is 89.9 Å². The Labute approximate surface area is 409 Å². The number of rotatable bonds is 51. The van der Waals surface area contributed by atoms with Gasteiger partial charge >= 0.3 is 11.9 Å². The average Bonchev–Trinajstić information content (AvgIpc) is 3.32. The maximum absolute atomic E-state index is 12.8. The molecule has 380 valence electrons. The van der Waals surface area contributed by atoms with Crippen molar-refractivity contribution in [1.29, 1.82) is 0 Å². The van der Waals surface area contributed by atoms with Gasteiger partial charge in [0.15, 0.2) is 6.10 Å². The van der Waals surface area contributed by atoms with Gasteiger partial charge in [-0.15, -0.1) is 0 Å². The second-order valence-electron chi connectivity index (χ2n) is 18.5. The van der Waals surface area contributed by atoms with Crippen LogP contribution in [0, 0.1) is 0 Å². The van der Waals surface area contributed by atoms with E-state index in [0.29, 0.717) is 19.4 Å². The first-order valence-corrected chi connectivity index (χ1v) is 28.1. The van der Waals surface area contributed by atoms with Gasteiger partial charge in [0, 0.05) is 19.4 Å². The summed E-state index contributed by atoms with van der Waals surface area (Å²) in [7, 11) is 0. The molecule has 0 radical (unpaired) electrons. The van der Waals surface area contributed by atoms with Gasteiger partial charge in [0.2, 0.25) is 0 Å². The van der Waals surface area contributed by atoms with Crippen LogP contribution < -0.4 is 0 Å². The molecule has 0 aromatic heterocycles. The summed E-state index contributed by atoms with van der Waals surface area (Å²) in [6, 6.07) is 0. The van der Waals surface area contributed by atoms with Gasteiger partial charge < -0.3 is 14.2 Å². The molecule has 0 saturated heterocycles. The summed E-state index contributed by atoms with van der Waals surface area (Å²) >= 11 is 0. The molecule has 0 saturated carbocycles. The standard InChI is InChI=1S/C61H106O5/c1-4-7-10-13-16-19-22-25-28-31-33-36-39-42-45-48-51-54-60(62)65-58-59(57-64-56-53-50-47-44-41-38-35-30-27-24-21-18-15-12-9-6-3)66-61(63)55-52-49-46-43-40-37-34-32-29-26-23-20-17-14-11-8-5-2/h16-17,19-20,25-26,28-29,33-34,36-37,43,46,59H,4-15,18,21-24,27,30-32,35,38-42,44-45,47-58H2,1-3H3/b19-16-,20-17-,28-25-,29-26-,36-33-,37-34-,46-43-/t59-/m1/s1. The van der Waals surface area contributed by atoms with Crippen LogP contribution in [0.1, 0.15) is 265 Å². The monoisotopic (exact) mass is 919 g/mol. The van der Waals surface area contributed by atoms with E-state index in [4.69, 9.17) is 14.2 Å². The highest BCUT2D eigenvalue weighted by atomic mass is 16.6. The first-order valence-electron chi connectivity index (χ1n) is 28.1. The Morgan fingerprint density at radius 3 is 1.09 bits per heavy atom. The predicted molar refractivity (Wildman–Crippen MR) is 288 cm³/mol. The second-order valence-corrected chi connectivity index (χ2v) is 18.5. The minimum Gasteiger partial charge on any atom is -0.462 e. The Balaban J connectivity index is 4.40. The normalized spacial score (nSPS) is 12.8. The number of hydrogen-bond donors (Lipinski definition) is 0. The van der Waals surface area contributed by atoms with Crippen LogP contribution in [0.25, 0.3) is 0 Å². The van der Waals surface area contributed by atoms with Crippen molar-refractivity contribution in [1.82, 2.24) is 0 Å². The lowest BCUT2D eigenvalue weighted by atomic mass is 10.0. The number of unbranched alkanes of at least 4 members (excludes halogenated alkanes) is 26. The molecule has 0 aliphatic carbocycles. The summed E-state index contributed by atoms with van der Waals surface area (Å²) in [6.07, 6.45) is 74.6. The van der Waals surface area contributed by atoms with Crippen molar-refractivity contribution in [3.63, 3.8) is 0 Å². The zero-order valence-corrected chi connectivity index (χ0v) is 43.7. The van der Waals surface area contributed by atoms with E-state index in [1.54, 1.807) is 0 Å². The fourth-order valence-electron chi connectivity index (χ4n) is 7.69. The lowest BCUT2D eigenvalue weighted by molar-refractivity contribution is -0.162. The molecule has 0 aliphatic rings. The van der Waals surface area contributed by atoms with Crippen LogP contribution in [0.15, 0.2) is 85.1 Å². The first kappa shape index (κ1) is 63.1. The minimum atomic E-state index is -0.576. The number of allylic oxidation sites excluding steroid dienone is 14. The number of carbonyl (C=O) groups excluding carboxylic acids is 2. The molecule has 0 N–H and O–H groups in total. The number of esters is 2. The molecule has 0 aliphatic heterocycles. The van der Waals surface area contributed by atoms with E-state index in [9.17, 15) is 9.59 Å². The zero-order valence-electron chi connectivity index (χ0n) is 43.7. The SMILES string of the molecule is CCCCC/C=C\C/C=C\C/C=C\C/C=C\CCCC(=O)O[C@H](COCCCCCCCCCCCCCCCCCC)COC(=O)CCCCCC/C=C\C/C=C\C/C=C\CCCCC. The lowest BCUT2D eigenvalue weighted by Crippen LogP contribution is -2.30. The van der Waals surface area contributed by atoms with Crippen molar-refractivity contribution in [2.45, 2.75) is 271 Å². The molecule has 0 aromatic carbocycles. The van der Waals surface area contributed by atoms with Crippen LogP contribution >= 0.6 is 0 Å². The van der Waals surface area contributed by atoms with E-state index in [1.807, 2.05) is 0 Å². The van der Waals surface area contributed by atoms with E-state index >= 15 is 0 Å². The Bertz CT molecular complexity index is 1220. The molecule has 0 heterocycles. The second kappa shape index (κ2) is 56.4. The Kier molecular flexibility index (Phi) is 53.9. The third-order valence-electron chi connectivity index (χ3n) is 11.9. The van der Waals surface area contributed by atoms with E-state index < -0.39 is 6.10 Å². The van der Waals surface area contributed by atoms with Crippen molar-refractivity contribution in [3.05, 3.63) is 85.1 Å². The van der Waals surface area contributed by atoms with Crippen LogP contribution in [0.3, 0.4) is 0 Å². The van der Waals surface area contributed by atoms with Gasteiger partial charge in [-0.2, -0.15) is 0 Å². The Morgan fingerprint density at radius 1 is 0.333 bits per heavy atom. The molecule has 0 amide bonds. The van der Waals surface area contributed by atoms with Gasteiger partial charge in [-0.1, -0.05) is 241 Å². The van der Waals surface area contributed by atoms with Crippen LogP contribution in [0.4, 0.5) is 0 Å². The molecule has 0 bridgehead atoms. The highest BCUT2D eigenvalue weighted by Gasteiger charge is 2.17. The van der Waals surface area contributed by atoms with Crippen molar-refractivity contribution in [3.8, 4) is 0 Å². The van der Waals surface area contributed by atoms with Crippen LogP contribution in [-0.2, 0) is 23.8 Å². The lowest BCUT2D eigenvalue weighted by Gasteiger charge is -2.18. The Morgan fingerprint density at radius 2 is 0.652 bits per heavy atom. The molecule has 66 heavy (non-hydrogen) atoms. The summed E-state index contributed by atoms with van der Waals surface area (Å²) in [5.74, 6) is -0.481. The molecule has 0 unspecified atom stereocenters. The molecular formula is C61H106O5.